The molecule has 1 amide bonds. The largest absolute Gasteiger partial charge is 0.347 e. The number of nitrogens with zero attached hydrogens (tertiary/aromatic N) is 4. The number of piperidine rings is 1. The van der Waals surface area contributed by atoms with E-state index in [0.717, 1.165) is 53.8 Å². The molecule has 1 aliphatic rings. The first kappa shape index (κ1) is 17.1. The second-order valence-corrected chi connectivity index (χ2v) is 7.78. The van der Waals surface area contributed by atoms with Gasteiger partial charge in [-0.25, -0.2) is 9.50 Å². The summed E-state index contributed by atoms with van der Waals surface area (Å²) in [6.45, 7) is 1.86. The van der Waals surface area contributed by atoms with Crippen LogP contribution in [0.4, 0.5) is 0 Å². The molecule has 1 atom stereocenters. The molecule has 0 aliphatic carbocycles. The Bertz CT molecular complexity index is 1110. The van der Waals surface area contributed by atoms with Crippen LogP contribution in [0.1, 0.15) is 22.5 Å². The van der Waals surface area contributed by atoms with Gasteiger partial charge in [-0.05, 0) is 36.4 Å². The zero-order valence-corrected chi connectivity index (χ0v) is 15.9. The van der Waals surface area contributed by atoms with Gasteiger partial charge in [0.1, 0.15) is 0 Å². The Morgan fingerprint density at radius 2 is 2.21 bits per heavy atom. The molecule has 5 heterocycles. The van der Waals surface area contributed by atoms with Crippen molar-refractivity contribution in [2.45, 2.75) is 18.9 Å². The first-order valence-corrected chi connectivity index (χ1v) is 10.1. The minimum Gasteiger partial charge on any atom is -0.347 e. The van der Waals surface area contributed by atoms with Crippen molar-refractivity contribution in [1.82, 2.24) is 35.4 Å². The Balaban J connectivity index is 1.39. The van der Waals surface area contributed by atoms with E-state index in [4.69, 9.17) is 0 Å². The van der Waals surface area contributed by atoms with Gasteiger partial charge in [-0.2, -0.15) is 10.2 Å². The summed E-state index contributed by atoms with van der Waals surface area (Å²) in [4.78, 5) is 17.8. The van der Waals surface area contributed by atoms with E-state index in [1.165, 1.54) is 11.3 Å². The summed E-state index contributed by atoms with van der Waals surface area (Å²) >= 11 is 1.44. The topological polar surface area (TPSA) is 100 Å². The summed E-state index contributed by atoms with van der Waals surface area (Å²) in [6, 6.07) is 2.12. The summed E-state index contributed by atoms with van der Waals surface area (Å²) in [6.07, 6.45) is 11.2. The van der Waals surface area contributed by atoms with E-state index in [0.29, 0.717) is 4.88 Å². The van der Waals surface area contributed by atoms with Crippen molar-refractivity contribution >= 4 is 22.9 Å². The molecule has 5 rings (SSSR count). The Kier molecular flexibility index (Phi) is 4.38. The van der Waals surface area contributed by atoms with Crippen LogP contribution in [0.25, 0.3) is 27.9 Å². The van der Waals surface area contributed by atoms with E-state index < -0.39 is 0 Å². The van der Waals surface area contributed by atoms with Gasteiger partial charge in [0, 0.05) is 47.9 Å². The molecule has 3 N–H and O–H groups in total. The van der Waals surface area contributed by atoms with E-state index in [2.05, 4.69) is 30.9 Å². The highest BCUT2D eigenvalue weighted by molar-refractivity contribution is 7.12. The molecule has 8 nitrogen and oxygen atoms in total. The van der Waals surface area contributed by atoms with E-state index in [-0.39, 0.29) is 11.9 Å². The van der Waals surface area contributed by atoms with Gasteiger partial charge in [-0.3, -0.25) is 9.89 Å². The standard InChI is InChI=1S/C19H19N7OS/c27-19(25-15-2-1-3-20-8-15)17-4-12(11-28-17)16-9-24-26-10-14(5-21-18(16)26)13-6-22-23-7-13/h4-7,9-11,15,20H,1-3,8H2,(H,22,23)(H,25,27). The van der Waals surface area contributed by atoms with Crippen LogP contribution in [0, 0.1) is 0 Å². The minimum absolute atomic E-state index is 0.0170. The maximum atomic E-state index is 12.6. The normalized spacial score (nSPS) is 17.1. The second-order valence-electron chi connectivity index (χ2n) is 6.87. The molecule has 4 aromatic heterocycles. The van der Waals surface area contributed by atoms with Gasteiger partial charge in [0.2, 0.25) is 0 Å². The highest BCUT2D eigenvalue weighted by Gasteiger charge is 2.19. The number of carbonyl (C=O) groups is 1. The summed E-state index contributed by atoms with van der Waals surface area (Å²) in [7, 11) is 0. The summed E-state index contributed by atoms with van der Waals surface area (Å²) < 4.78 is 1.75. The fourth-order valence-electron chi connectivity index (χ4n) is 3.46. The number of H-pyrrole nitrogens is 1. The maximum Gasteiger partial charge on any atom is 0.261 e. The van der Waals surface area contributed by atoms with E-state index in [1.807, 2.05) is 23.8 Å². The Morgan fingerprint density at radius 1 is 1.25 bits per heavy atom. The number of rotatable bonds is 4. The molecule has 142 valence electrons. The van der Waals surface area contributed by atoms with E-state index in [9.17, 15) is 4.79 Å². The third kappa shape index (κ3) is 3.19. The van der Waals surface area contributed by atoms with Crippen LogP contribution in [0.2, 0.25) is 0 Å². The highest BCUT2D eigenvalue weighted by Crippen LogP contribution is 2.29. The number of hydrogen-bond acceptors (Lipinski definition) is 6. The molecular formula is C19H19N7OS. The number of amides is 1. The zero-order valence-electron chi connectivity index (χ0n) is 15.1. The Hall–Kier alpha value is -3.04. The quantitative estimate of drug-likeness (QED) is 0.494. The predicted molar refractivity (Wildman–Crippen MR) is 107 cm³/mol. The molecular weight excluding hydrogens is 374 g/mol. The van der Waals surface area contributed by atoms with E-state index >= 15 is 0 Å². The summed E-state index contributed by atoms with van der Waals surface area (Å²) in [5, 5.41) is 19.6. The van der Waals surface area contributed by atoms with Crippen LogP contribution < -0.4 is 10.6 Å². The van der Waals surface area contributed by atoms with Crippen LogP contribution in [0.3, 0.4) is 0 Å². The van der Waals surface area contributed by atoms with Gasteiger partial charge in [-0.1, -0.05) is 0 Å². The van der Waals surface area contributed by atoms with E-state index in [1.54, 1.807) is 23.1 Å². The number of nitrogens with one attached hydrogen (secondary N) is 3. The molecule has 0 aromatic carbocycles. The number of thiophene rings is 1. The third-order valence-corrected chi connectivity index (χ3v) is 5.88. The zero-order chi connectivity index (χ0) is 18.9. The lowest BCUT2D eigenvalue weighted by molar-refractivity contribution is 0.0935. The fourth-order valence-corrected chi connectivity index (χ4v) is 4.27. The van der Waals surface area contributed by atoms with Gasteiger partial charge in [0.25, 0.3) is 5.91 Å². The minimum atomic E-state index is -0.0170. The van der Waals surface area contributed by atoms with Crippen LogP contribution in [0.5, 0.6) is 0 Å². The molecule has 1 aliphatic heterocycles. The Labute approximate surface area is 165 Å². The summed E-state index contributed by atoms with van der Waals surface area (Å²) in [5.74, 6) is -0.0170. The molecule has 0 bridgehead atoms. The molecule has 9 heteroatoms. The number of aromatic nitrogens is 5. The SMILES string of the molecule is O=C(NC1CCCNC1)c1cc(-c2cnn3cc(-c4cn[nH]c4)cnc23)cs1. The lowest BCUT2D eigenvalue weighted by Crippen LogP contribution is -2.45. The van der Waals surface area contributed by atoms with Crippen molar-refractivity contribution in [3.63, 3.8) is 0 Å². The average molecular weight is 393 g/mol. The van der Waals surface area contributed by atoms with Crippen molar-refractivity contribution in [3.05, 3.63) is 47.3 Å². The fraction of sp³-hybridized carbons (Fsp3) is 0.263. The van der Waals surface area contributed by atoms with Crippen molar-refractivity contribution < 1.29 is 4.79 Å². The molecule has 0 spiro atoms. The molecule has 1 fully saturated rings. The highest BCUT2D eigenvalue weighted by atomic mass is 32.1. The molecule has 1 saturated heterocycles. The van der Waals surface area contributed by atoms with Crippen molar-refractivity contribution in [2.75, 3.05) is 13.1 Å². The van der Waals surface area contributed by atoms with Crippen LogP contribution in [0.15, 0.2) is 42.4 Å². The second kappa shape index (κ2) is 7.17. The van der Waals surface area contributed by atoms with Crippen LogP contribution in [-0.2, 0) is 0 Å². The number of fused-ring (bicyclic) bond motifs is 1. The first-order chi connectivity index (χ1) is 13.8. The molecule has 0 saturated carbocycles. The van der Waals surface area contributed by atoms with Gasteiger partial charge >= 0.3 is 0 Å². The average Bonchev–Trinajstić information content (AvgIpc) is 3.47. The summed E-state index contributed by atoms with van der Waals surface area (Å²) in [5.41, 5.74) is 4.51. The van der Waals surface area contributed by atoms with Gasteiger partial charge in [0.15, 0.2) is 5.65 Å². The monoisotopic (exact) mass is 393 g/mol. The van der Waals surface area contributed by atoms with Crippen molar-refractivity contribution in [3.8, 4) is 22.3 Å². The number of aromatic amines is 1. The van der Waals surface area contributed by atoms with Crippen molar-refractivity contribution in [2.24, 2.45) is 0 Å². The van der Waals surface area contributed by atoms with Gasteiger partial charge < -0.3 is 10.6 Å². The smallest absolute Gasteiger partial charge is 0.261 e. The Morgan fingerprint density at radius 3 is 3.04 bits per heavy atom. The lowest BCUT2D eigenvalue weighted by Gasteiger charge is -2.23. The number of hydrogen-bond donors (Lipinski definition) is 3. The third-order valence-electron chi connectivity index (χ3n) is 4.95. The molecule has 4 aromatic rings. The van der Waals surface area contributed by atoms with Crippen molar-refractivity contribution in [1.29, 1.82) is 0 Å². The van der Waals surface area contributed by atoms with Crippen LogP contribution in [-0.4, -0.2) is 49.8 Å². The maximum absolute atomic E-state index is 12.6. The molecule has 0 radical (unpaired) electrons. The van der Waals surface area contributed by atoms with Gasteiger partial charge in [-0.15, -0.1) is 11.3 Å². The first-order valence-electron chi connectivity index (χ1n) is 9.21. The number of carbonyl (C=O) groups excluding carboxylic acids is 1. The lowest BCUT2D eigenvalue weighted by atomic mass is 10.1. The van der Waals surface area contributed by atoms with Gasteiger partial charge in [0.05, 0.1) is 17.3 Å². The molecule has 1 unspecified atom stereocenters. The van der Waals surface area contributed by atoms with Crippen LogP contribution >= 0.6 is 11.3 Å². The predicted octanol–water partition coefficient (Wildman–Crippen LogP) is 2.33. The molecule has 28 heavy (non-hydrogen) atoms.